The Morgan fingerprint density at radius 3 is 1.75 bits per heavy atom. The molecule has 14 heteroatoms. The van der Waals surface area contributed by atoms with E-state index in [0.717, 1.165) is 49.6 Å². The summed E-state index contributed by atoms with van der Waals surface area (Å²) in [6.07, 6.45) is 0. The van der Waals surface area contributed by atoms with Crippen molar-refractivity contribution in [3.63, 3.8) is 0 Å². The van der Waals surface area contributed by atoms with Gasteiger partial charge in [-0.25, -0.2) is 24.2 Å². The molecule has 174 valence electrons. The average molecular weight is 453 g/mol. The molecule has 0 unspecified atom stereocenters. The highest BCUT2D eigenvalue weighted by molar-refractivity contribution is 6.27. The van der Waals surface area contributed by atoms with E-state index in [4.69, 9.17) is 45.3 Å². The number of rotatable bonds is 4. The molecular formula is C18H23N5O9. The van der Waals surface area contributed by atoms with Crippen molar-refractivity contribution in [3.05, 3.63) is 30.1 Å². The number of carboxylic acid groups (broad SMARTS) is 4. The number of fused-ring (bicyclic) bond motifs is 1. The number of nitrogens with zero attached hydrogens (tertiary/aromatic N) is 3. The molecule has 32 heavy (non-hydrogen) atoms. The predicted octanol–water partition coefficient (Wildman–Crippen LogP) is -1.52. The van der Waals surface area contributed by atoms with Crippen molar-refractivity contribution in [2.45, 2.75) is 6.54 Å². The van der Waals surface area contributed by atoms with E-state index >= 15 is 0 Å². The highest BCUT2D eigenvalue weighted by Crippen LogP contribution is 2.12. The van der Waals surface area contributed by atoms with Gasteiger partial charge in [-0.1, -0.05) is 12.1 Å². The maximum Gasteiger partial charge on any atom is 0.414 e. The molecule has 1 aromatic carbocycles. The number of para-hydroxylation sites is 2. The lowest BCUT2D eigenvalue weighted by molar-refractivity contribution is -0.159. The van der Waals surface area contributed by atoms with Crippen molar-refractivity contribution in [2.24, 2.45) is 5.73 Å². The second-order valence-electron chi connectivity index (χ2n) is 6.44. The van der Waals surface area contributed by atoms with Gasteiger partial charge in [0.25, 0.3) is 0 Å². The van der Waals surface area contributed by atoms with Crippen LogP contribution in [0.2, 0.25) is 0 Å². The Morgan fingerprint density at radius 1 is 0.844 bits per heavy atom. The molecule has 3 rings (SSSR count). The Labute approximate surface area is 180 Å². The normalized spacial score (nSPS) is 13.8. The van der Waals surface area contributed by atoms with E-state index < -0.39 is 23.9 Å². The minimum Gasteiger partial charge on any atom is -0.473 e. The Balaban J connectivity index is 0.000000355. The zero-order valence-electron chi connectivity index (χ0n) is 16.8. The zero-order chi connectivity index (χ0) is 24.3. The molecule has 0 radical (unpaired) electrons. The van der Waals surface area contributed by atoms with E-state index in [9.17, 15) is 4.79 Å². The average Bonchev–Trinajstić information content (AvgIpc) is 3.12. The van der Waals surface area contributed by atoms with Gasteiger partial charge < -0.3 is 31.1 Å². The molecule has 0 spiro atoms. The first-order valence-corrected chi connectivity index (χ1v) is 9.08. The summed E-state index contributed by atoms with van der Waals surface area (Å²) < 4.78 is 0. The van der Waals surface area contributed by atoms with Gasteiger partial charge in [0, 0.05) is 26.2 Å². The fourth-order valence-electron chi connectivity index (χ4n) is 2.62. The molecule has 14 nitrogen and oxygen atoms in total. The lowest BCUT2D eigenvalue weighted by Gasteiger charge is -2.33. The molecule has 1 aliphatic heterocycles. The van der Waals surface area contributed by atoms with Crippen LogP contribution in [0.4, 0.5) is 0 Å². The third-order valence-corrected chi connectivity index (χ3v) is 4.02. The summed E-state index contributed by atoms with van der Waals surface area (Å²) in [4.78, 5) is 59.7. The van der Waals surface area contributed by atoms with E-state index in [1.165, 1.54) is 0 Å². The molecule has 1 fully saturated rings. The number of aliphatic carboxylic acids is 4. The van der Waals surface area contributed by atoms with Crippen molar-refractivity contribution in [1.29, 1.82) is 0 Å². The van der Waals surface area contributed by atoms with Crippen molar-refractivity contribution < 1.29 is 44.4 Å². The fourth-order valence-corrected chi connectivity index (χ4v) is 2.62. The van der Waals surface area contributed by atoms with Gasteiger partial charge in [-0.3, -0.25) is 14.6 Å². The topological polar surface area (TPSA) is 227 Å². The lowest BCUT2D eigenvalue weighted by atomic mass is 10.3. The van der Waals surface area contributed by atoms with Crippen LogP contribution in [-0.4, -0.2) is 103 Å². The number of carbonyl (C=O) groups excluding carboxylic acids is 1. The molecule has 0 atom stereocenters. The number of hydrogen-bond acceptors (Lipinski definition) is 8. The van der Waals surface area contributed by atoms with Crippen LogP contribution in [0, 0.1) is 0 Å². The fraction of sp³-hybridized carbons (Fsp3) is 0.333. The number of nitrogens with two attached hydrogens (primary N) is 1. The van der Waals surface area contributed by atoms with Crippen LogP contribution in [0.25, 0.3) is 11.0 Å². The number of primary amides is 1. The monoisotopic (exact) mass is 453 g/mol. The number of piperazine rings is 1. The Hall–Kier alpha value is -4.04. The third-order valence-electron chi connectivity index (χ3n) is 4.02. The first kappa shape index (κ1) is 26.0. The molecule has 0 saturated carbocycles. The van der Waals surface area contributed by atoms with Gasteiger partial charge in [0.05, 0.1) is 24.1 Å². The van der Waals surface area contributed by atoms with E-state index in [2.05, 4.69) is 19.8 Å². The standard InChI is InChI=1S/C14H19N5O.2C2H2O4/c15-13(20)9-18-5-7-19(8-6-18)10-14-16-11-3-1-2-4-12(11)17-14;2*3-1(4)2(5)6/h1-4H,5-10H2,(H2,15,20)(H,16,17);2*(H,3,4)(H,5,6). The summed E-state index contributed by atoms with van der Waals surface area (Å²) in [5.74, 6) is -6.56. The van der Waals surface area contributed by atoms with Crippen LogP contribution < -0.4 is 5.73 Å². The summed E-state index contributed by atoms with van der Waals surface area (Å²) in [5, 5.41) is 29.6. The lowest BCUT2D eigenvalue weighted by Crippen LogP contribution is -2.48. The van der Waals surface area contributed by atoms with Crippen molar-refractivity contribution in [3.8, 4) is 0 Å². The van der Waals surface area contributed by atoms with E-state index in [0.29, 0.717) is 6.54 Å². The number of amides is 1. The highest BCUT2D eigenvalue weighted by atomic mass is 16.4. The van der Waals surface area contributed by atoms with Gasteiger partial charge in [0.1, 0.15) is 5.82 Å². The number of aromatic nitrogens is 2. The molecule has 2 heterocycles. The van der Waals surface area contributed by atoms with Gasteiger partial charge in [-0.15, -0.1) is 0 Å². The molecule has 1 amide bonds. The Bertz CT molecular complexity index is 886. The van der Waals surface area contributed by atoms with Gasteiger partial charge in [0.2, 0.25) is 5.91 Å². The molecule has 1 aromatic heterocycles. The van der Waals surface area contributed by atoms with Gasteiger partial charge in [-0.05, 0) is 12.1 Å². The largest absolute Gasteiger partial charge is 0.473 e. The maximum atomic E-state index is 10.9. The van der Waals surface area contributed by atoms with E-state index in [1.807, 2.05) is 24.3 Å². The van der Waals surface area contributed by atoms with Crippen LogP contribution in [0.1, 0.15) is 5.82 Å². The summed E-state index contributed by atoms with van der Waals surface area (Å²) in [6.45, 7) is 4.80. The maximum absolute atomic E-state index is 10.9. The number of H-pyrrole nitrogens is 1. The highest BCUT2D eigenvalue weighted by Gasteiger charge is 2.19. The number of carbonyl (C=O) groups is 5. The summed E-state index contributed by atoms with van der Waals surface area (Å²) >= 11 is 0. The Kier molecular flexibility index (Phi) is 10.2. The van der Waals surface area contributed by atoms with E-state index in [1.54, 1.807) is 0 Å². The summed E-state index contributed by atoms with van der Waals surface area (Å²) in [6, 6.07) is 8.05. The minimum absolute atomic E-state index is 0.254. The van der Waals surface area contributed by atoms with Crippen LogP contribution >= 0.6 is 0 Å². The molecule has 0 bridgehead atoms. The van der Waals surface area contributed by atoms with Crippen molar-refractivity contribution in [2.75, 3.05) is 32.7 Å². The van der Waals surface area contributed by atoms with Crippen molar-refractivity contribution >= 4 is 40.8 Å². The summed E-state index contributed by atoms with van der Waals surface area (Å²) in [7, 11) is 0. The van der Waals surface area contributed by atoms with E-state index in [-0.39, 0.29) is 5.91 Å². The predicted molar refractivity (Wildman–Crippen MR) is 108 cm³/mol. The molecular weight excluding hydrogens is 430 g/mol. The second-order valence-corrected chi connectivity index (χ2v) is 6.44. The van der Waals surface area contributed by atoms with Crippen LogP contribution in [-0.2, 0) is 30.5 Å². The third kappa shape index (κ3) is 9.64. The number of nitrogens with one attached hydrogen (secondary N) is 1. The van der Waals surface area contributed by atoms with Gasteiger partial charge >= 0.3 is 23.9 Å². The molecule has 7 N–H and O–H groups in total. The number of hydrogen-bond donors (Lipinski definition) is 6. The number of aromatic amines is 1. The van der Waals surface area contributed by atoms with Gasteiger partial charge in [0.15, 0.2) is 0 Å². The van der Waals surface area contributed by atoms with Crippen LogP contribution in [0.3, 0.4) is 0 Å². The number of carboxylic acids is 4. The molecule has 0 aliphatic carbocycles. The SMILES string of the molecule is NC(=O)CN1CCN(Cc2nc3ccccc3[nH]2)CC1.O=C(O)C(=O)O.O=C(O)C(=O)O. The van der Waals surface area contributed by atoms with Crippen LogP contribution in [0.5, 0.6) is 0 Å². The second kappa shape index (κ2) is 12.6. The molecule has 1 saturated heterocycles. The first-order valence-electron chi connectivity index (χ1n) is 9.08. The summed E-state index contributed by atoms with van der Waals surface area (Å²) in [5.41, 5.74) is 7.30. The van der Waals surface area contributed by atoms with Crippen molar-refractivity contribution in [1.82, 2.24) is 19.8 Å². The van der Waals surface area contributed by atoms with Gasteiger partial charge in [-0.2, -0.15) is 0 Å². The molecule has 1 aliphatic rings. The number of benzene rings is 1. The zero-order valence-corrected chi connectivity index (χ0v) is 16.8. The quantitative estimate of drug-likeness (QED) is 0.290. The van der Waals surface area contributed by atoms with Crippen LogP contribution in [0.15, 0.2) is 24.3 Å². The Morgan fingerprint density at radius 2 is 1.31 bits per heavy atom. The first-order chi connectivity index (χ1) is 15.0. The minimum atomic E-state index is -1.82. The number of imidazole rings is 1. The molecule has 2 aromatic rings. The smallest absolute Gasteiger partial charge is 0.414 e.